The highest BCUT2D eigenvalue weighted by Gasteiger charge is 2.09. The summed E-state index contributed by atoms with van der Waals surface area (Å²) in [7, 11) is 0. The Labute approximate surface area is 130 Å². The first-order valence-corrected chi connectivity index (χ1v) is 8.08. The van der Waals surface area contributed by atoms with E-state index in [-0.39, 0.29) is 12.1 Å². The molecule has 0 radical (unpaired) electrons. The fourth-order valence-corrected chi connectivity index (χ4v) is 3.09. The highest BCUT2D eigenvalue weighted by atomic mass is 32.1. The van der Waals surface area contributed by atoms with Crippen LogP contribution in [0.4, 0.5) is 5.95 Å². The summed E-state index contributed by atoms with van der Waals surface area (Å²) in [6.45, 7) is 10.2. The van der Waals surface area contributed by atoms with E-state index in [1.54, 1.807) is 0 Å². The van der Waals surface area contributed by atoms with E-state index in [9.17, 15) is 0 Å². The second kappa shape index (κ2) is 6.89. The summed E-state index contributed by atoms with van der Waals surface area (Å²) in [5, 5.41) is 3.36. The molecule has 5 heteroatoms. The van der Waals surface area contributed by atoms with E-state index in [0.717, 1.165) is 12.1 Å². The molecule has 0 saturated carbocycles. The molecule has 1 atom stereocenters. The second-order valence-corrected chi connectivity index (χ2v) is 6.97. The van der Waals surface area contributed by atoms with Crippen molar-refractivity contribution >= 4 is 17.3 Å². The number of ether oxygens (including phenoxy) is 1. The first kappa shape index (κ1) is 15.8. The van der Waals surface area contributed by atoms with Gasteiger partial charge >= 0.3 is 0 Å². The molecular formula is C16H23N3OS. The van der Waals surface area contributed by atoms with Crippen LogP contribution in [0.5, 0.6) is 5.88 Å². The van der Waals surface area contributed by atoms with E-state index in [1.165, 1.54) is 9.75 Å². The van der Waals surface area contributed by atoms with Gasteiger partial charge in [0.2, 0.25) is 11.8 Å². The van der Waals surface area contributed by atoms with Crippen molar-refractivity contribution in [3.8, 4) is 5.88 Å². The van der Waals surface area contributed by atoms with Gasteiger partial charge in [-0.2, -0.15) is 4.98 Å². The van der Waals surface area contributed by atoms with Crippen molar-refractivity contribution in [3.63, 3.8) is 0 Å². The number of anilines is 1. The Balaban J connectivity index is 2.02. The van der Waals surface area contributed by atoms with E-state index in [0.29, 0.717) is 11.8 Å². The molecule has 0 aliphatic carbocycles. The van der Waals surface area contributed by atoms with Gasteiger partial charge < -0.3 is 10.1 Å². The lowest BCUT2D eigenvalue weighted by atomic mass is 10.2. The number of aromatic nitrogens is 2. The third kappa shape index (κ3) is 5.01. The van der Waals surface area contributed by atoms with Crippen LogP contribution in [0.25, 0.3) is 0 Å². The Hall–Kier alpha value is -1.62. The fourth-order valence-electron chi connectivity index (χ4n) is 2.07. The van der Waals surface area contributed by atoms with Crippen molar-refractivity contribution in [3.05, 3.63) is 33.6 Å². The molecule has 2 heterocycles. The monoisotopic (exact) mass is 305 g/mol. The van der Waals surface area contributed by atoms with Crippen LogP contribution in [0, 0.1) is 13.8 Å². The lowest BCUT2D eigenvalue weighted by Gasteiger charge is -2.15. The van der Waals surface area contributed by atoms with Crippen molar-refractivity contribution < 1.29 is 4.74 Å². The molecule has 1 unspecified atom stereocenters. The van der Waals surface area contributed by atoms with Gasteiger partial charge in [-0.25, -0.2) is 4.98 Å². The van der Waals surface area contributed by atoms with Crippen molar-refractivity contribution in [1.82, 2.24) is 9.97 Å². The Morgan fingerprint density at radius 2 is 1.95 bits per heavy atom. The van der Waals surface area contributed by atoms with Gasteiger partial charge in [-0.3, -0.25) is 0 Å². The molecule has 2 aromatic rings. The zero-order chi connectivity index (χ0) is 15.4. The van der Waals surface area contributed by atoms with Crippen LogP contribution in [-0.2, 0) is 6.42 Å². The van der Waals surface area contributed by atoms with Gasteiger partial charge in [0.05, 0.1) is 6.10 Å². The first-order valence-electron chi connectivity index (χ1n) is 7.26. The highest BCUT2D eigenvalue weighted by molar-refractivity contribution is 7.11. The number of nitrogens with zero attached hydrogens (tertiary/aromatic N) is 2. The molecule has 1 N–H and O–H groups in total. The van der Waals surface area contributed by atoms with Crippen LogP contribution in [-0.4, -0.2) is 22.1 Å². The van der Waals surface area contributed by atoms with Gasteiger partial charge in [0.1, 0.15) is 0 Å². The summed E-state index contributed by atoms with van der Waals surface area (Å²) < 4.78 is 5.65. The summed E-state index contributed by atoms with van der Waals surface area (Å²) in [5.74, 6) is 1.26. The Kier molecular flexibility index (Phi) is 5.17. The van der Waals surface area contributed by atoms with Crippen LogP contribution in [0.3, 0.4) is 0 Å². The van der Waals surface area contributed by atoms with E-state index in [4.69, 9.17) is 4.74 Å². The predicted octanol–water partition coefficient (Wildman–Crippen LogP) is 3.99. The van der Waals surface area contributed by atoms with Gasteiger partial charge in [-0.05, 0) is 46.8 Å². The molecule has 0 saturated heterocycles. The van der Waals surface area contributed by atoms with Gasteiger partial charge in [0, 0.05) is 34.0 Å². The third-order valence-electron chi connectivity index (χ3n) is 2.87. The molecule has 2 aromatic heterocycles. The number of hydrogen-bond donors (Lipinski definition) is 1. The highest BCUT2D eigenvalue weighted by Crippen LogP contribution is 2.19. The molecule has 0 aliphatic heterocycles. The van der Waals surface area contributed by atoms with Crippen LogP contribution in [0.15, 0.2) is 18.2 Å². The molecule has 4 nitrogen and oxygen atoms in total. The minimum Gasteiger partial charge on any atom is -0.475 e. The summed E-state index contributed by atoms with van der Waals surface area (Å²) in [6, 6.07) is 6.47. The summed E-state index contributed by atoms with van der Waals surface area (Å²) in [4.78, 5) is 11.6. The average Bonchev–Trinajstić information content (AvgIpc) is 2.72. The number of aryl methyl sites for hydroxylation is 2. The number of rotatable bonds is 6. The molecule has 0 aromatic carbocycles. The minimum absolute atomic E-state index is 0.110. The third-order valence-corrected chi connectivity index (χ3v) is 3.89. The number of hydrogen-bond acceptors (Lipinski definition) is 5. The molecule has 114 valence electrons. The standard InChI is InChI=1S/C16H23N3OS/c1-10(2)20-15-9-12(4)18-16(19-15)17-11(3)8-14-7-6-13(5)21-14/h6-7,9-11H,8H2,1-5H3,(H,17,18,19). The second-order valence-electron chi connectivity index (χ2n) is 5.60. The summed E-state index contributed by atoms with van der Waals surface area (Å²) in [6.07, 6.45) is 1.08. The predicted molar refractivity (Wildman–Crippen MR) is 88.4 cm³/mol. The molecular weight excluding hydrogens is 282 g/mol. The van der Waals surface area contributed by atoms with E-state index in [2.05, 4.69) is 41.3 Å². The topological polar surface area (TPSA) is 47.0 Å². The quantitative estimate of drug-likeness (QED) is 0.876. The van der Waals surface area contributed by atoms with Gasteiger partial charge in [0.25, 0.3) is 0 Å². The maximum atomic E-state index is 5.65. The first-order chi connectivity index (χ1) is 9.92. The molecule has 0 fully saturated rings. The zero-order valence-electron chi connectivity index (χ0n) is 13.3. The van der Waals surface area contributed by atoms with E-state index >= 15 is 0 Å². The summed E-state index contributed by atoms with van der Waals surface area (Å²) >= 11 is 1.84. The molecule has 0 amide bonds. The summed E-state index contributed by atoms with van der Waals surface area (Å²) in [5.41, 5.74) is 0.905. The van der Waals surface area contributed by atoms with Crippen molar-refractivity contribution in [2.24, 2.45) is 0 Å². The van der Waals surface area contributed by atoms with E-state index < -0.39 is 0 Å². The zero-order valence-corrected chi connectivity index (χ0v) is 14.1. The largest absolute Gasteiger partial charge is 0.475 e. The maximum Gasteiger partial charge on any atom is 0.226 e. The Morgan fingerprint density at radius 1 is 1.19 bits per heavy atom. The number of thiophene rings is 1. The molecule has 21 heavy (non-hydrogen) atoms. The average molecular weight is 305 g/mol. The van der Waals surface area contributed by atoms with Crippen molar-refractivity contribution in [1.29, 1.82) is 0 Å². The Morgan fingerprint density at radius 3 is 2.57 bits per heavy atom. The Bertz CT molecular complexity index is 595. The lowest BCUT2D eigenvalue weighted by molar-refractivity contribution is 0.232. The van der Waals surface area contributed by atoms with Crippen LogP contribution in [0.2, 0.25) is 0 Å². The molecule has 0 spiro atoms. The molecule has 0 bridgehead atoms. The normalized spacial score (nSPS) is 12.5. The van der Waals surface area contributed by atoms with Gasteiger partial charge in [-0.15, -0.1) is 11.3 Å². The van der Waals surface area contributed by atoms with Crippen LogP contribution < -0.4 is 10.1 Å². The SMILES string of the molecule is Cc1cc(OC(C)C)nc(NC(C)Cc2ccc(C)s2)n1. The van der Waals surface area contributed by atoms with Gasteiger partial charge in [0.15, 0.2) is 0 Å². The van der Waals surface area contributed by atoms with Crippen molar-refractivity contribution in [2.45, 2.75) is 53.2 Å². The lowest BCUT2D eigenvalue weighted by Crippen LogP contribution is -2.20. The van der Waals surface area contributed by atoms with Crippen molar-refractivity contribution in [2.75, 3.05) is 5.32 Å². The fraction of sp³-hybridized carbons (Fsp3) is 0.500. The molecule has 2 rings (SSSR count). The van der Waals surface area contributed by atoms with Gasteiger partial charge in [-0.1, -0.05) is 0 Å². The van der Waals surface area contributed by atoms with Crippen LogP contribution >= 0.6 is 11.3 Å². The number of nitrogens with one attached hydrogen (secondary N) is 1. The smallest absolute Gasteiger partial charge is 0.226 e. The minimum atomic E-state index is 0.110. The maximum absolute atomic E-state index is 5.65. The van der Waals surface area contributed by atoms with Crippen LogP contribution in [0.1, 0.15) is 36.2 Å². The molecule has 0 aliphatic rings. The van der Waals surface area contributed by atoms with E-state index in [1.807, 2.05) is 38.2 Å².